The van der Waals surface area contributed by atoms with E-state index in [-0.39, 0.29) is 16.6 Å². The van der Waals surface area contributed by atoms with E-state index < -0.39 is 5.97 Å². The number of carbonyl (C=O) groups is 1. The normalized spacial score (nSPS) is 10.6. The fourth-order valence-electron chi connectivity index (χ4n) is 1.18. The number of nitrogens with zero attached hydrogens (tertiary/aromatic N) is 2. The highest BCUT2D eigenvalue weighted by Crippen LogP contribution is 2.17. The molecule has 0 radical (unpaired) electrons. The van der Waals surface area contributed by atoms with Crippen LogP contribution in [0.4, 0.5) is 0 Å². The van der Waals surface area contributed by atoms with Crippen molar-refractivity contribution in [2.45, 2.75) is 39.5 Å². The zero-order chi connectivity index (χ0) is 12.8. The summed E-state index contributed by atoms with van der Waals surface area (Å²) < 4.78 is 5.07. The average Bonchev–Trinajstić information content (AvgIpc) is 2.29. The molecule has 0 saturated heterocycles. The maximum Gasteiger partial charge on any atom is 0.358 e. The van der Waals surface area contributed by atoms with Gasteiger partial charge in [0, 0.05) is 5.92 Å². The number of esters is 1. The number of unbranched alkanes of at least 4 members (excludes halogenated alkanes) is 1. The van der Waals surface area contributed by atoms with Gasteiger partial charge in [-0.1, -0.05) is 38.8 Å². The van der Waals surface area contributed by atoms with Gasteiger partial charge in [0.1, 0.15) is 5.82 Å². The van der Waals surface area contributed by atoms with Gasteiger partial charge in [-0.15, -0.1) is 0 Å². The molecule has 0 unspecified atom stereocenters. The minimum atomic E-state index is -0.479. The number of rotatable bonds is 5. The Balaban J connectivity index is 2.81. The lowest BCUT2D eigenvalue weighted by molar-refractivity contribution is 0.0492. The second-order valence-electron chi connectivity index (χ2n) is 4.07. The van der Waals surface area contributed by atoms with E-state index in [2.05, 4.69) is 9.97 Å². The van der Waals surface area contributed by atoms with E-state index in [0.29, 0.717) is 12.4 Å². The Labute approximate surface area is 106 Å². The third kappa shape index (κ3) is 3.97. The summed E-state index contributed by atoms with van der Waals surface area (Å²) in [6.07, 6.45) is 3.26. The van der Waals surface area contributed by atoms with Crippen LogP contribution in [0.15, 0.2) is 6.20 Å². The van der Waals surface area contributed by atoms with Gasteiger partial charge in [-0.3, -0.25) is 0 Å². The van der Waals surface area contributed by atoms with Crippen LogP contribution in [-0.4, -0.2) is 22.5 Å². The summed E-state index contributed by atoms with van der Waals surface area (Å²) in [6, 6.07) is 0. The second-order valence-corrected chi connectivity index (χ2v) is 4.48. The van der Waals surface area contributed by atoms with Gasteiger partial charge in [0.15, 0.2) is 5.69 Å². The molecule has 1 aromatic rings. The monoisotopic (exact) mass is 256 g/mol. The van der Waals surface area contributed by atoms with Crippen molar-refractivity contribution in [3.8, 4) is 0 Å². The lowest BCUT2D eigenvalue weighted by Gasteiger charge is -2.08. The van der Waals surface area contributed by atoms with Crippen molar-refractivity contribution in [2.24, 2.45) is 0 Å². The van der Waals surface area contributed by atoms with Gasteiger partial charge in [0.2, 0.25) is 0 Å². The number of halogens is 1. The highest BCUT2D eigenvalue weighted by molar-refractivity contribution is 6.33. The third-order valence-electron chi connectivity index (χ3n) is 2.20. The lowest BCUT2D eigenvalue weighted by atomic mass is 10.2. The largest absolute Gasteiger partial charge is 0.461 e. The van der Waals surface area contributed by atoms with E-state index >= 15 is 0 Å². The molecule has 0 spiro atoms. The first kappa shape index (κ1) is 13.9. The summed E-state index contributed by atoms with van der Waals surface area (Å²) in [5.41, 5.74) is 0.154. The van der Waals surface area contributed by atoms with Crippen molar-refractivity contribution < 1.29 is 9.53 Å². The molecule has 1 rings (SSSR count). The van der Waals surface area contributed by atoms with Gasteiger partial charge in [-0.2, -0.15) is 0 Å². The van der Waals surface area contributed by atoms with Crippen LogP contribution in [0.25, 0.3) is 0 Å². The summed E-state index contributed by atoms with van der Waals surface area (Å²) in [7, 11) is 0. The molecule has 0 aromatic carbocycles. The Morgan fingerprint density at radius 1 is 1.53 bits per heavy atom. The molecule has 0 atom stereocenters. The van der Waals surface area contributed by atoms with Crippen molar-refractivity contribution in [1.82, 2.24) is 9.97 Å². The zero-order valence-corrected chi connectivity index (χ0v) is 11.1. The van der Waals surface area contributed by atoms with Crippen LogP contribution in [0, 0.1) is 0 Å². The van der Waals surface area contributed by atoms with Crippen molar-refractivity contribution in [3.63, 3.8) is 0 Å². The fraction of sp³-hybridized carbons (Fsp3) is 0.583. The maximum atomic E-state index is 11.7. The van der Waals surface area contributed by atoms with Crippen molar-refractivity contribution in [1.29, 1.82) is 0 Å². The molecule has 0 amide bonds. The van der Waals surface area contributed by atoms with Crippen LogP contribution in [0.5, 0.6) is 0 Å². The zero-order valence-electron chi connectivity index (χ0n) is 10.4. The topological polar surface area (TPSA) is 52.1 Å². The number of hydrogen-bond acceptors (Lipinski definition) is 4. The molecular weight excluding hydrogens is 240 g/mol. The molecule has 0 aliphatic heterocycles. The molecule has 0 N–H and O–H groups in total. The summed E-state index contributed by atoms with van der Waals surface area (Å²) in [6.45, 7) is 6.33. The predicted molar refractivity (Wildman–Crippen MR) is 66.3 cm³/mol. The van der Waals surface area contributed by atoms with Crippen LogP contribution in [0.1, 0.15) is 55.8 Å². The minimum absolute atomic E-state index is 0.148. The van der Waals surface area contributed by atoms with Gasteiger partial charge in [0.05, 0.1) is 17.8 Å². The van der Waals surface area contributed by atoms with Gasteiger partial charge in [0.25, 0.3) is 0 Å². The molecule has 17 heavy (non-hydrogen) atoms. The van der Waals surface area contributed by atoms with E-state index in [0.717, 1.165) is 12.8 Å². The number of hydrogen-bond donors (Lipinski definition) is 0. The summed E-state index contributed by atoms with van der Waals surface area (Å²) in [4.78, 5) is 19.9. The van der Waals surface area contributed by atoms with E-state index in [1.165, 1.54) is 6.20 Å². The Hall–Kier alpha value is -1.16. The Morgan fingerprint density at radius 2 is 2.24 bits per heavy atom. The highest BCUT2D eigenvalue weighted by Gasteiger charge is 2.16. The molecule has 0 bridgehead atoms. The van der Waals surface area contributed by atoms with Crippen LogP contribution in [0.3, 0.4) is 0 Å². The van der Waals surface area contributed by atoms with Gasteiger partial charge < -0.3 is 4.74 Å². The van der Waals surface area contributed by atoms with Crippen LogP contribution < -0.4 is 0 Å². The van der Waals surface area contributed by atoms with E-state index in [1.807, 2.05) is 20.8 Å². The average molecular weight is 257 g/mol. The highest BCUT2D eigenvalue weighted by atomic mass is 35.5. The minimum Gasteiger partial charge on any atom is -0.461 e. The van der Waals surface area contributed by atoms with E-state index in [9.17, 15) is 4.79 Å². The quantitative estimate of drug-likeness (QED) is 0.600. The van der Waals surface area contributed by atoms with Gasteiger partial charge in [-0.05, 0) is 6.42 Å². The Bertz CT molecular complexity index is 394. The van der Waals surface area contributed by atoms with Gasteiger partial charge in [-0.25, -0.2) is 14.8 Å². The number of carbonyl (C=O) groups excluding carboxylic acids is 1. The second kappa shape index (κ2) is 6.55. The van der Waals surface area contributed by atoms with E-state index in [4.69, 9.17) is 16.3 Å². The predicted octanol–water partition coefficient (Wildman–Crippen LogP) is 3.21. The summed E-state index contributed by atoms with van der Waals surface area (Å²) in [5, 5.41) is 0.232. The van der Waals surface area contributed by atoms with Crippen LogP contribution >= 0.6 is 11.6 Å². The standard InChI is InChI=1S/C12H17ClN2O2/c1-4-5-6-17-12(16)10-9(13)7-14-11(15-10)8(2)3/h7-8H,4-6H2,1-3H3. The molecule has 0 aliphatic carbocycles. The molecule has 4 nitrogen and oxygen atoms in total. The lowest BCUT2D eigenvalue weighted by Crippen LogP contribution is -2.12. The molecule has 94 valence electrons. The molecule has 5 heteroatoms. The van der Waals surface area contributed by atoms with Crippen molar-refractivity contribution >= 4 is 17.6 Å². The maximum absolute atomic E-state index is 11.7. The van der Waals surface area contributed by atoms with Gasteiger partial charge >= 0.3 is 5.97 Å². The molecule has 0 aliphatic rings. The first-order valence-corrected chi connectivity index (χ1v) is 6.13. The molecule has 0 saturated carbocycles. The SMILES string of the molecule is CCCCOC(=O)c1nc(C(C)C)ncc1Cl. The smallest absolute Gasteiger partial charge is 0.358 e. The Morgan fingerprint density at radius 3 is 2.82 bits per heavy atom. The first-order chi connectivity index (χ1) is 8.06. The third-order valence-corrected chi connectivity index (χ3v) is 2.48. The van der Waals surface area contributed by atoms with Crippen LogP contribution in [-0.2, 0) is 4.74 Å². The first-order valence-electron chi connectivity index (χ1n) is 5.75. The number of ether oxygens (including phenoxy) is 1. The molecule has 1 heterocycles. The molecule has 0 fully saturated rings. The fourth-order valence-corrected chi connectivity index (χ4v) is 1.35. The number of aromatic nitrogens is 2. The summed E-state index contributed by atoms with van der Waals surface area (Å²) in [5.74, 6) is 0.263. The van der Waals surface area contributed by atoms with Crippen LogP contribution in [0.2, 0.25) is 5.02 Å². The van der Waals surface area contributed by atoms with Crippen molar-refractivity contribution in [2.75, 3.05) is 6.61 Å². The van der Waals surface area contributed by atoms with Crippen molar-refractivity contribution in [3.05, 3.63) is 22.7 Å². The summed E-state index contributed by atoms with van der Waals surface area (Å²) >= 11 is 5.88. The molecule has 1 aromatic heterocycles. The molecular formula is C12H17ClN2O2. The Kier molecular flexibility index (Phi) is 5.35. The van der Waals surface area contributed by atoms with E-state index in [1.54, 1.807) is 0 Å².